The Kier molecular flexibility index (Phi) is 11.1. The van der Waals surface area contributed by atoms with E-state index in [-0.39, 0.29) is 18.6 Å². The molecule has 10 heteroatoms. The number of thioether (sulfide) groups is 1. The predicted octanol–water partition coefficient (Wildman–Crippen LogP) is 1.17. The van der Waals surface area contributed by atoms with Crippen LogP contribution in [0.4, 0.5) is 4.39 Å². The molecule has 2 rings (SSSR count). The number of halogens is 2. The fourth-order valence-corrected chi connectivity index (χ4v) is 5.12. The normalized spacial score (nSPS) is 37.2. The third-order valence-electron chi connectivity index (χ3n) is 6.12. The lowest BCUT2D eigenvalue weighted by Crippen LogP contribution is -2.65. The minimum atomic E-state index is -1.39. The van der Waals surface area contributed by atoms with E-state index in [4.69, 9.17) is 16.3 Å². The average molecular weight is 471 g/mol. The van der Waals surface area contributed by atoms with Crippen LogP contribution in [-0.4, -0.2) is 88.0 Å². The van der Waals surface area contributed by atoms with Gasteiger partial charge in [-0.2, -0.15) is 0 Å². The quantitative estimate of drug-likeness (QED) is 0.254. The van der Waals surface area contributed by atoms with Crippen LogP contribution < -0.4 is 10.6 Å². The highest BCUT2D eigenvalue weighted by molar-refractivity contribution is 7.99. The summed E-state index contributed by atoms with van der Waals surface area (Å²) < 4.78 is 18.1. The highest BCUT2D eigenvalue weighted by Crippen LogP contribution is 2.30. The highest BCUT2D eigenvalue weighted by atomic mass is 35.5. The molecule has 0 aromatic heterocycles. The molecule has 1 amide bonds. The van der Waals surface area contributed by atoms with Crippen LogP contribution in [0.2, 0.25) is 0 Å². The van der Waals surface area contributed by atoms with Gasteiger partial charge in [0.2, 0.25) is 5.91 Å². The minimum absolute atomic E-state index is 0.228. The molecule has 0 saturated carbocycles. The number of hydrogen-bond donors (Lipinski definition) is 5. The first-order valence-electron chi connectivity index (χ1n) is 10.8. The summed E-state index contributed by atoms with van der Waals surface area (Å²) in [7, 11) is 0. The maximum absolute atomic E-state index is 12.9. The van der Waals surface area contributed by atoms with Crippen molar-refractivity contribution in [2.75, 3.05) is 19.5 Å². The molecule has 2 aliphatic heterocycles. The molecule has 2 heterocycles. The molecular weight excluding hydrogens is 435 g/mol. The standard InChI is InChI=1S/C20H36ClFN2O5S/c1-11(21)14(18-16(26)15(25)17(27)20(29-18)30-2)24-19(28)13-7-6-12(8-10-23-13)5-3-4-9-22/h11-18,20,23,25-27H,3-10H2,1-2H3,(H,24,28)/t11-,12?,13-,14+,15-,16+,17+,18+,20+/m0/s1. The number of alkyl halides is 2. The van der Waals surface area contributed by atoms with Gasteiger partial charge >= 0.3 is 0 Å². The highest BCUT2D eigenvalue weighted by Gasteiger charge is 2.48. The fourth-order valence-electron chi connectivity index (χ4n) is 4.24. The molecule has 0 bridgehead atoms. The summed E-state index contributed by atoms with van der Waals surface area (Å²) in [6.07, 6.45) is 1.72. The molecule has 0 radical (unpaired) electrons. The van der Waals surface area contributed by atoms with Crippen molar-refractivity contribution in [1.82, 2.24) is 10.6 Å². The number of aliphatic hydroxyl groups is 3. The number of hydrogen-bond acceptors (Lipinski definition) is 7. The predicted molar refractivity (Wildman–Crippen MR) is 116 cm³/mol. The Labute approximate surface area is 187 Å². The lowest BCUT2D eigenvalue weighted by molar-refractivity contribution is -0.205. The topological polar surface area (TPSA) is 111 Å². The molecule has 2 fully saturated rings. The van der Waals surface area contributed by atoms with Gasteiger partial charge in [0.05, 0.1) is 24.1 Å². The summed E-state index contributed by atoms with van der Waals surface area (Å²) in [6.45, 7) is 2.11. The molecule has 0 aromatic carbocycles. The van der Waals surface area contributed by atoms with E-state index in [0.29, 0.717) is 25.3 Å². The van der Waals surface area contributed by atoms with Crippen LogP contribution in [0.25, 0.3) is 0 Å². The van der Waals surface area contributed by atoms with Crippen LogP contribution in [0.5, 0.6) is 0 Å². The van der Waals surface area contributed by atoms with Crippen molar-refractivity contribution < 1.29 is 29.2 Å². The molecule has 1 unspecified atom stereocenters. The number of aliphatic hydroxyl groups excluding tert-OH is 3. The van der Waals surface area contributed by atoms with Gasteiger partial charge in [-0.25, -0.2) is 0 Å². The van der Waals surface area contributed by atoms with Gasteiger partial charge in [0.1, 0.15) is 29.9 Å². The third kappa shape index (κ3) is 6.92. The molecule has 2 aliphatic rings. The van der Waals surface area contributed by atoms with E-state index in [2.05, 4.69) is 10.6 Å². The van der Waals surface area contributed by atoms with Gasteiger partial charge in [-0.1, -0.05) is 12.8 Å². The zero-order valence-corrected chi connectivity index (χ0v) is 19.2. The van der Waals surface area contributed by atoms with Crippen molar-refractivity contribution in [3.8, 4) is 0 Å². The van der Waals surface area contributed by atoms with Gasteiger partial charge in [0.25, 0.3) is 0 Å². The van der Waals surface area contributed by atoms with Crippen LogP contribution in [0, 0.1) is 5.92 Å². The largest absolute Gasteiger partial charge is 0.388 e. The lowest BCUT2D eigenvalue weighted by atomic mass is 9.92. The Bertz CT molecular complexity index is 533. The zero-order valence-electron chi connectivity index (χ0n) is 17.7. The van der Waals surface area contributed by atoms with Crippen molar-refractivity contribution >= 4 is 29.3 Å². The van der Waals surface area contributed by atoms with Crippen LogP contribution in [0.1, 0.15) is 45.4 Å². The van der Waals surface area contributed by atoms with Gasteiger partial charge in [-0.3, -0.25) is 9.18 Å². The van der Waals surface area contributed by atoms with E-state index in [1.165, 1.54) is 11.8 Å². The number of ether oxygens (including phenoxy) is 1. The second kappa shape index (κ2) is 12.8. The first kappa shape index (κ1) is 26.1. The Morgan fingerprint density at radius 1 is 1.23 bits per heavy atom. The first-order chi connectivity index (χ1) is 14.3. The van der Waals surface area contributed by atoms with Crippen molar-refractivity contribution in [2.24, 2.45) is 5.92 Å². The molecule has 2 saturated heterocycles. The van der Waals surface area contributed by atoms with E-state index in [0.717, 1.165) is 25.7 Å². The average Bonchev–Trinajstić information content (AvgIpc) is 2.97. The van der Waals surface area contributed by atoms with Crippen molar-refractivity contribution in [2.45, 2.75) is 92.8 Å². The van der Waals surface area contributed by atoms with Gasteiger partial charge in [0, 0.05) is 0 Å². The van der Waals surface area contributed by atoms with E-state index in [1.807, 2.05) is 0 Å². The lowest BCUT2D eigenvalue weighted by Gasteiger charge is -2.44. The van der Waals surface area contributed by atoms with Gasteiger partial charge in [0.15, 0.2) is 0 Å². The summed E-state index contributed by atoms with van der Waals surface area (Å²) >= 11 is 7.53. The maximum atomic E-state index is 12.9. The van der Waals surface area contributed by atoms with Crippen molar-refractivity contribution in [3.63, 3.8) is 0 Å². The van der Waals surface area contributed by atoms with Crippen molar-refractivity contribution in [3.05, 3.63) is 0 Å². The Balaban J connectivity index is 1.98. The smallest absolute Gasteiger partial charge is 0.237 e. The van der Waals surface area contributed by atoms with E-state index in [1.54, 1.807) is 13.2 Å². The second-order valence-electron chi connectivity index (χ2n) is 8.31. The van der Waals surface area contributed by atoms with Crippen LogP contribution in [0.3, 0.4) is 0 Å². The van der Waals surface area contributed by atoms with Crippen LogP contribution >= 0.6 is 23.4 Å². The number of nitrogens with one attached hydrogen (secondary N) is 2. The van der Waals surface area contributed by atoms with Gasteiger partial charge in [-0.15, -0.1) is 23.4 Å². The molecule has 0 aliphatic carbocycles. The summed E-state index contributed by atoms with van der Waals surface area (Å²) in [5, 5.41) is 36.3. The molecule has 5 N–H and O–H groups in total. The minimum Gasteiger partial charge on any atom is -0.388 e. The van der Waals surface area contributed by atoms with Gasteiger partial charge < -0.3 is 30.7 Å². The van der Waals surface area contributed by atoms with E-state index >= 15 is 0 Å². The molecule has 7 nitrogen and oxygen atoms in total. The molecule has 0 spiro atoms. The summed E-state index contributed by atoms with van der Waals surface area (Å²) in [6, 6.07) is -1.13. The number of rotatable bonds is 9. The second-order valence-corrected chi connectivity index (χ2v) is 9.94. The van der Waals surface area contributed by atoms with Crippen molar-refractivity contribution in [1.29, 1.82) is 0 Å². The van der Waals surface area contributed by atoms with Gasteiger partial charge in [-0.05, 0) is 51.3 Å². The molecule has 30 heavy (non-hydrogen) atoms. The zero-order chi connectivity index (χ0) is 22.3. The SMILES string of the molecule is CS[C@H]1O[C@H]([C@H](NC(=O)[C@@H]2CCC(CCCCF)CCN2)[C@H](C)Cl)[C@H](O)[C@H](O)[C@H]1O. The monoisotopic (exact) mass is 470 g/mol. The summed E-state index contributed by atoms with van der Waals surface area (Å²) in [5.41, 5.74) is -0.732. The Hall–Kier alpha value is -0.160. The number of amides is 1. The number of unbranched alkanes of at least 4 members (excludes halogenated alkanes) is 1. The Morgan fingerprint density at radius 2 is 1.97 bits per heavy atom. The molecule has 9 atom stereocenters. The molecule has 176 valence electrons. The first-order valence-corrected chi connectivity index (χ1v) is 12.5. The van der Waals surface area contributed by atoms with Crippen LogP contribution in [-0.2, 0) is 9.53 Å². The number of carbonyl (C=O) groups excluding carboxylic acids is 1. The number of carbonyl (C=O) groups is 1. The fraction of sp³-hybridized carbons (Fsp3) is 0.950. The summed E-state index contributed by atoms with van der Waals surface area (Å²) in [5.74, 6) is 0.251. The third-order valence-corrected chi connectivity index (χ3v) is 7.24. The molecule has 0 aromatic rings. The van der Waals surface area contributed by atoms with E-state index in [9.17, 15) is 24.5 Å². The van der Waals surface area contributed by atoms with Crippen LogP contribution in [0.15, 0.2) is 0 Å². The molecular formula is C20H36ClFN2O5S. The Morgan fingerprint density at radius 3 is 2.60 bits per heavy atom. The summed E-state index contributed by atoms with van der Waals surface area (Å²) in [4.78, 5) is 12.9. The van der Waals surface area contributed by atoms with E-state index < -0.39 is 41.3 Å². The maximum Gasteiger partial charge on any atom is 0.237 e.